The Labute approximate surface area is 242 Å². The molecule has 0 aromatic heterocycles. The summed E-state index contributed by atoms with van der Waals surface area (Å²) in [5, 5.41) is 0. The summed E-state index contributed by atoms with van der Waals surface area (Å²) in [5.41, 5.74) is 7.15. The lowest BCUT2D eigenvalue weighted by molar-refractivity contribution is 0.873. The Bertz CT molecular complexity index is 1110. The summed E-state index contributed by atoms with van der Waals surface area (Å²) in [4.78, 5) is 6.97. The van der Waals surface area contributed by atoms with Crippen molar-refractivity contribution in [3.8, 4) is 0 Å². The molecule has 3 aromatic carbocycles. The largest absolute Gasteiger partial charge is 0.364 e. The second kappa shape index (κ2) is 15.8. The molecule has 3 nitrogen and oxygen atoms in total. The molecule has 0 N–H and O–H groups in total. The fraction of sp³-hybridized carbons (Fsp3) is 0.189. The second-order valence-electron chi connectivity index (χ2n) is 9.56. The maximum absolute atomic E-state index is 4.03. The van der Waals surface area contributed by atoms with Crippen LogP contribution in [0.4, 0.5) is 17.1 Å². The Morgan fingerprint density at radius 1 is 0.400 bits per heavy atom. The zero-order valence-corrected chi connectivity index (χ0v) is 23.8. The van der Waals surface area contributed by atoms with Gasteiger partial charge in [-0.25, -0.2) is 0 Å². The monoisotopic (exact) mass is 529 g/mol. The molecule has 3 heteroatoms. The summed E-state index contributed by atoms with van der Waals surface area (Å²) in [5.74, 6) is -0.0602. The van der Waals surface area contributed by atoms with Gasteiger partial charge in [-0.3, -0.25) is 0 Å². The third-order valence-corrected chi connectivity index (χ3v) is 6.86. The lowest BCUT2D eigenvalue weighted by atomic mass is 9.81. The van der Waals surface area contributed by atoms with Crippen LogP contribution >= 0.6 is 0 Å². The molecule has 0 aliphatic carbocycles. The molecule has 3 rings (SSSR count). The van der Waals surface area contributed by atoms with Crippen molar-refractivity contribution in [1.82, 2.24) is 0 Å². The minimum absolute atomic E-state index is 0.0602. The van der Waals surface area contributed by atoms with E-state index in [4.69, 9.17) is 0 Å². The molecule has 0 fully saturated rings. The topological polar surface area (TPSA) is 9.72 Å². The van der Waals surface area contributed by atoms with Gasteiger partial charge < -0.3 is 14.7 Å². The van der Waals surface area contributed by atoms with Crippen molar-refractivity contribution >= 4 is 17.1 Å². The molecular formula is C37H43N3. The minimum Gasteiger partial charge on any atom is -0.364 e. The molecule has 206 valence electrons. The van der Waals surface area contributed by atoms with Crippen molar-refractivity contribution in [2.24, 2.45) is 0 Å². The van der Waals surface area contributed by atoms with Gasteiger partial charge in [-0.05, 0) is 34.9 Å². The Morgan fingerprint density at radius 2 is 0.625 bits per heavy atom. The number of benzene rings is 3. The average Bonchev–Trinajstić information content (AvgIpc) is 2.98. The second-order valence-corrected chi connectivity index (χ2v) is 9.56. The Hall–Kier alpha value is -4.50. The summed E-state index contributed by atoms with van der Waals surface area (Å²) in [7, 11) is 0. The van der Waals surface area contributed by atoms with E-state index in [2.05, 4.69) is 127 Å². The molecule has 0 atom stereocenters. The standard InChI is InChI=1S/C37H43N3/c1-7-25-38(26-8-2)34-22-16-13-19-31(34)37(32-20-14-17-23-35(32)39(27-9-3)28-10-4)33-21-15-18-24-36(33)40(29-11-5)30-12-6/h7-24,37H,1-6,25-30H2. The van der Waals surface area contributed by atoms with Crippen molar-refractivity contribution in [2.45, 2.75) is 5.92 Å². The first-order valence-electron chi connectivity index (χ1n) is 13.8. The molecular weight excluding hydrogens is 486 g/mol. The molecule has 0 aliphatic heterocycles. The van der Waals surface area contributed by atoms with Crippen molar-refractivity contribution in [2.75, 3.05) is 54.0 Å². The SMILES string of the molecule is C=CCN(CC=C)c1ccccc1C(c1ccccc1N(CC=C)CC=C)c1ccccc1N(CC=C)CC=C. The number of hydrogen-bond donors (Lipinski definition) is 0. The van der Waals surface area contributed by atoms with E-state index >= 15 is 0 Å². The molecule has 0 bridgehead atoms. The normalized spacial score (nSPS) is 10.4. The summed E-state index contributed by atoms with van der Waals surface area (Å²) in [6.45, 7) is 28.5. The summed E-state index contributed by atoms with van der Waals surface area (Å²) >= 11 is 0. The van der Waals surface area contributed by atoms with Gasteiger partial charge in [-0.15, -0.1) is 39.5 Å². The molecule has 0 aliphatic rings. The van der Waals surface area contributed by atoms with E-state index in [0.717, 1.165) is 56.3 Å². The van der Waals surface area contributed by atoms with E-state index in [1.54, 1.807) is 0 Å². The first kappa shape index (κ1) is 30.0. The molecule has 0 saturated heterocycles. The van der Waals surface area contributed by atoms with E-state index in [-0.39, 0.29) is 5.92 Å². The fourth-order valence-corrected chi connectivity index (χ4v) is 5.31. The third kappa shape index (κ3) is 7.12. The number of hydrogen-bond acceptors (Lipinski definition) is 3. The maximum atomic E-state index is 4.03. The average molecular weight is 530 g/mol. The summed E-state index contributed by atoms with van der Waals surface area (Å²) in [6.07, 6.45) is 11.7. The number of para-hydroxylation sites is 3. The van der Waals surface area contributed by atoms with Gasteiger partial charge in [0.15, 0.2) is 0 Å². The van der Waals surface area contributed by atoms with Gasteiger partial charge in [0.25, 0.3) is 0 Å². The van der Waals surface area contributed by atoms with Gasteiger partial charge in [0, 0.05) is 62.2 Å². The quantitative estimate of drug-likeness (QED) is 0.121. The van der Waals surface area contributed by atoms with Gasteiger partial charge in [0.05, 0.1) is 0 Å². The fourth-order valence-electron chi connectivity index (χ4n) is 5.31. The smallest absolute Gasteiger partial charge is 0.0414 e. The highest BCUT2D eigenvalue weighted by atomic mass is 15.1. The lowest BCUT2D eigenvalue weighted by Crippen LogP contribution is -2.28. The maximum Gasteiger partial charge on any atom is 0.0414 e. The summed E-state index contributed by atoms with van der Waals surface area (Å²) in [6, 6.07) is 26.1. The molecule has 0 heterocycles. The minimum atomic E-state index is -0.0602. The first-order chi connectivity index (χ1) is 19.6. The predicted octanol–water partition coefficient (Wildman–Crippen LogP) is 8.40. The van der Waals surface area contributed by atoms with Crippen LogP contribution in [0, 0.1) is 0 Å². The molecule has 40 heavy (non-hydrogen) atoms. The Morgan fingerprint density at radius 3 is 0.850 bits per heavy atom. The van der Waals surface area contributed by atoms with Crippen molar-refractivity contribution < 1.29 is 0 Å². The van der Waals surface area contributed by atoms with Crippen LogP contribution in [0.15, 0.2) is 149 Å². The molecule has 0 radical (unpaired) electrons. The van der Waals surface area contributed by atoms with Gasteiger partial charge in [0.1, 0.15) is 0 Å². The molecule has 3 aromatic rings. The lowest BCUT2D eigenvalue weighted by Gasteiger charge is -2.34. The Kier molecular flexibility index (Phi) is 11.9. The van der Waals surface area contributed by atoms with E-state index < -0.39 is 0 Å². The highest BCUT2D eigenvalue weighted by Crippen LogP contribution is 2.44. The Balaban J connectivity index is 2.41. The number of nitrogens with zero attached hydrogens (tertiary/aromatic N) is 3. The van der Waals surface area contributed by atoms with Crippen LogP contribution in [0.1, 0.15) is 22.6 Å². The molecule has 0 spiro atoms. The molecule has 0 amide bonds. The number of anilines is 3. The van der Waals surface area contributed by atoms with Crippen molar-refractivity contribution in [3.05, 3.63) is 165 Å². The van der Waals surface area contributed by atoms with E-state index in [1.807, 2.05) is 36.5 Å². The van der Waals surface area contributed by atoms with Crippen LogP contribution in [-0.2, 0) is 0 Å². The van der Waals surface area contributed by atoms with Gasteiger partial charge in [0.2, 0.25) is 0 Å². The van der Waals surface area contributed by atoms with Gasteiger partial charge in [-0.2, -0.15) is 0 Å². The zero-order valence-electron chi connectivity index (χ0n) is 23.8. The van der Waals surface area contributed by atoms with E-state index in [1.165, 1.54) is 16.7 Å². The van der Waals surface area contributed by atoms with Crippen LogP contribution in [-0.4, -0.2) is 39.3 Å². The van der Waals surface area contributed by atoms with Gasteiger partial charge >= 0.3 is 0 Å². The van der Waals surface area contributed by atoms with E-state index in [9.17, 15) is 0 Å². The predicted molar refractivity (Wildman–Crippen MR) is 178 cm³/mol. The van der Waals surface area contributed by atoms with Crippen LogP contribution in [0.2, 0.25) is 0 Å². The third-order valence-electron chi connectivity index (χ3n) is 6.86. The first-order valence-corrected chi connectivity index (χ1v) is 13.8. The van der Waals surface area contributed by atoms with Crippen LogP contribution in [0.25, 0.3) is 0 Å². The van der Waals surface area contributed by atoms with Crippen molar-refractivity contribution in [1.29, 1.82) is 0 Å². The van der Waals surface area contributed by atoms with Crippen LogP contribution < -0.4 is 14.7 Å². The molecule has 0 unspecified atom stereocenters. The van der Waals surface area contributed by atoms with Crippen LogP contribution in [0.3, 0.4) is 0 Å². The summed E-state index contributed by atoms with van der Waals surface area (Å²) < 4.78 is 0. The zero-order chi connectivity index (χ0) is 28.7. The van der Waals surface area contributed by atoms with Crippen LogP contribution in [0.5, 0.6) is 0 Å². The number of rotatable bonds is 18. The molecule has 0 saturated carbocycles. The highest BCUT2D eigenvalue weighted by Gasteiger charge is 2.28. The van der Waals surface area contributed by atoms with Crippen molar-refractivity contribution in [3.63, 3.8) is 0 Å². The van der Waals surface area contributed by atoms with Gasteiger partial charge in [-0.1, -0.05) is 91.1 Å². The van der Waals surface area contributed by atoms with E-state index in [0.29, 0.717) is 0 Å². The highest BCUT2D eigenvalue weighted by molar-refractivity contribution is 5.70.